The van der Waals surface area contributed by atoms with Gasteiger partial charge in [0.05, 0.1) is 0 Å². The minimum absolute atomic E-state index is 0.330. The highest BCUT2D eigenvalue weighted by Crippen LogP contribution is 1.99. The predicted octanol–water partition coefficient (Wildman–Crippen LogP) is 2.46. The van der Waals surface area contributed by atoms with E-state index >= 15 is 0 Å². The number of hydrogen-bond acceptors (Lipinski definition) is 3. The van der Waals surface area contributed by atoms with Gasteiger partial charge in [0.1, 0.15) is 0 Å². The zero-order chi connectivity index (χ0) is 13.8. The van der Waals surface area contributed by atoms with Gasteiger partial charge in [-0.15, -0.1) is 0 Å². The van der Waals surface area contributed by atoms with Crippen molar-refractivity contribution in [2.24, 2.45) is 11.7 Å². The van der Waals surface area contributed by atoms with Crippen molar-refractivity contribution in [1.82, 2.24) is 10.2 Å². The summed E-state index contributed by atoms with van der Waals surface area (Å²) in [7, 11) is 0. The number of nitrogens with one attached hydrogen (secondary N) is 1. The fourth-order valence-corrected chi connectivity index (χ4v) is 1.92. The molecule has 0 radical (unpaired) electrons. The smallest absolute Gasteiger partial charge is 0.00226 e. The number of nitrogens with two attached hydrogens (primary N) is 1. The third-order valence-electron chi connectivity index (χ3n) is 3.32. The summed E-state index contributed by atoms with van der Waals surface area (Å²) < 4.78 is 0. The molecule has 0 aliphatic carbocycles. The summed E-state index contributed by atoms with van der Waals surface area (Å²) in [4.78, 5) is 2.51. The van der Waals surface area contributed by atoms with Gasteiger partial charge in [0.2, 0.25) is 0 Å². The van der Waals surface area contributed by atoms with Crippen molar-refractivity contribution in [2.45, 2.75) is 59.4 Å². The monoisotopic (exact) mass is 257 g/mol. The van der Waals surface area contributed by atoms with E-state index in [0.717, 1.165) is 32.0 Å². The maximum absolute atomic E-state index is 5.79. The lowest BCUT2D eigenvalue weighted by atomic mass is 10.1. The Bertz CT molecular complexity index is 169. The molecule has 0 amide bonds. The molecule has 0 saturated carbocycles. The molecule has 0 aromatic rings. The minimum Gasteiger partial charge on any atom is -0.328 e. The van der Waals surface area contributed by atoms with E-state index in [4.69, 9.17) is 5.73 Å². The Morgan fingerprint density at radius 1 is 1.00 bits per heavy atom. The average molecular weight is 257 g/mol. The highest BCUT2D eigenvalue weighted by Gasteiger charge is 2.03. The molecule has 1 atom stereocenters. The van der Waals surface area contributed by atoms with Crippen LogP contribution in [0.25, 0.3) is 0 Å². The van der Waals surface area contributed by atoms with E-state index in [0.29, 0.717) is 6.04 Å². The van der Waals surface area contributed by atoms with E-state index < -0.39 is 0 Å². The molecule has 3 nitrogen and oxygen atoms in total. The molecule has 110 valence electrons. The van der Waals surface area contributed by atoms with Gasteiger partial charge in [0, 0.05) is 6.04 Å². The van der Waals surface area contributed by atoms with E-state index in [1.165, 1.54) is 32.4 Å². The molecular weight excluding hydrogens is 222 g/mol. The second-order valence-electron chi connectivity index (χ2n) is 5.84. The van der Waals surface area contributed by atoms with E-state index in [-0.39, 0.29) is 0 Å². The van der Waals surface area contributed by atoms with Gasteiger partial charge in [-0.1, -0.05) is 20.8 Å². The molecule has 0 saturated heterocycles. The second-order valence-corrected chi connectivity index (χ2v) is 5.84. The summed E-state index contributed by atoms with van der Waals surface area (Å²) in [6.07, 6.45) is 4.98. The van der Waals surface area contributed by atoms with E-state index in [1.807, 2.05) is 0 Å². The van der Waals surface area contributed by atoms with Gasteiger partial charge in [0.15, 0.2) is 0 Å². The van der Waals surface area contributed by atoms with E-state index in [1.54, 1.807) is 0 Å². The topological polar surface area (TPSA) is 41.3 Å². The van der Waals surface area contributed by atoms with Gasteiger partial charge >= 0.3 is 0 Å². The summed E-state index contributed by atoms with van der Waals surface area (Å²) >= 11 is 0. The maximum atomic E-state index is 5.79. The first-order valence-corrected chi connectivity index (χ1v) is 7.74. The second kappa shape index (κ2) is 11.9. The van der Waals surface area contributed by atoms with Crippen molar-refractivity contribution >= 4 is 0 Å². The molecule has 1 unspecified atom stereocenters. The van der Waals surface area contributed by atoms with Crippen LogP contribution in [-0.2, 0) is 0 Å². The number of hydrogen-bond donors (Lipinski definition) is 2. The van der Waals surface area contributed by atoms with Crippen LogP contribution in [0.15, 0.2) is 0 Å². The van der Waals surface area contributed by atoms with Gasteiger partial charge in [-0.05, 0) is 71.2 Å². The van der Waals surface area contributed by atoms with Crippen LogP contribution in [0.5, 0.6) is 0 Å². The largest absolute Gasteiger partial charge is 0.328 e. The van der Waals surface area contributed by atoms with Crippen molar-refractivity contribution in [1.29, 1.82) is 0 Å². The lowest BCUT2D eigenvalue weighted by molar-refractivity contribution is 0.272. The van der Waals surface area contributed by atoms with Gasteiger partial charge in [0.25, 0.3) is 0 Å². The Morgan fingerprint density at radius 2 is 1.72 bits per heavy atom. The molecular formula is C15H35N3. The van der Waals surface area contributed by atoms with Crippen LogP contribution in [-0.4, -0.2) is 43.7 Å². The van der Waals surface area contributed by atoms with E-state index in [2.05, 4.69) is 37.9 Å². The highest BCUT2D eigenvalue weighted by molar-refractivity contribution is 4.61. The SMILES string of the molecule is CCN(CCCCNCCC(C)C)CCC(C)N. The summed E-state index contributed by atoms with van der Waals surface area (Å²) in [6, 6.07) is 0.330. The molecule has 0 bridgehead atoms. The molecule has 0 rings (SSSR count). The fourth-order valence-electron chi connectivity index (χ4n) is 1.92. The average Bonchev–Trinajstić information content (AvgIpc) is 2.31. The highest BCUT2D eigenvalue weighted by atomic mass is 15.1. The molecule has 0 aliphatic rings. The molecule has 0 spiro atoms. The van der Waals surface area contributed by atoms with Crippen LogP contribution in [0, 0.1) is 5.92 Å². The Balaban J connectivity index is 3.34. The summed E-state index contributed by atoms with van der Waals surface area (Å²) in [5, 5.41) is 3.52. The van der Waals surface area contributed by atoms with Gasteiger partial charge < -0.3 is 16.0 Å². The van der Waals surface area contributed by atoms with Crippen LogP contribution in [0.3, 0.4) is 0 Å². The molecule has 3 heteroatoms. The van der Waals surface area contributed by atoms with E-state index in [9.17, 15) is 0 Å². The number of unbranched alkanes of at least 4 members (excludes halogenated alkanes) is 1. The van der Waals surface area contributed by atoms with Crippen molar-refractivity contribution < 1.29 is 0 Å². The summed E-state index contributed by atoms with van der Waals surface area (Å²) in [6.45, 7) is 14.7. The van der Waals surface area contributed by atoms with Gasteiger partial charge in [-0.2, -0.15) is 0 Å². The molecule has 0 heterocycles. The van der Waals surface area contributed by atoms with Crippen LogP contribution < -0.4 is 11.1 Å². The lowest BCUT2D eigenvalue weighted by Crippen LogP contribution is -2.30. The third kappa shape index (κ3) is 12.3. The van der Waals surface area contributed by atoms with Crippen LogP contribution >= 0.6 is 0 Å². The molecule has 0 aromatic carbocycles. The zero-order valence-electron chi connectivity index (χ0n) is 13.0. The third-order valence-corrected chi connectivity index (χ3v) is 3.32. The molecule has 3 N–H and O–H groups in total. The fraction of sp³-hybridized carbons (Fsp3) is 1.00. The Hall–Kier alpha value is -0.120. The summed E-state index contributed by atoms with van der Waals surface area (Å²) in [5.41, 5.74) is 5.79. The minimum atomic E-state index is 0.330. The number of nitrogens with zero attached hydrogens (tertiary/aromatic N) is 1. The Kier molecular flexibility index (Phi) is 11.9. The Labute approximate surface area is 114 Å². The molecule has 0 fully saturated rings. The van der Waals surface area contributed by atoms with Gasteiger partial charge in [-0.25, -0.2) is 0 Å². The zero-order valence-corrected chi connectivity index (χ0v) is 13.0. The number of rotatable bonds is 12. The quantitative estimate of drug-likeness (QED) is 0.528. The first-order valence-electron chi connectivity index (χ1n) is 7.74. The van der Waals surface area contributed by atoms with Crippen LogP contribution in [0.1, 0.15) is 53.4 Å². The van der Waals surface area contributed by atoms with Crippen LogP contribution in [0.4, 0.5) is 0 Å². The van der Waals surface area contributed by atoms with Crippen molar-refractivity contribution in [3.8, 4) is 0 Å². The molecule has 0 aromatic heterocycles. The lowest BCUT2D eigenvalue weighted by Gasteiger charge is -2.21. The normalized spacial score (nSPS) is 13.5. The van der Waals surface area contributed by atoms with Crippen molar-refractivity contribution in [3.05, 3.63) is 0 Å². The summed E-state index contributed by atoms with van der Waals surface area (Å²) in [5.74, 6) is 0.811. The van der Waals surface area contributed by atoms with Gasteiger partial charge in [-0.3, -0.25) is 0 Å². The molecule has 18 heavy (non-hydrogen) atoms. The first-order chi connectivity index (χ1) is 8.56. The van der Waals surface area contributed by atoms with Crippen molar-refractivity contribution in [3.63, 3.8) is 0 Å². The standard InChI is InChI=1S/C15H35N3/c1-5-18(13-9-15(4)16)12-7-6-10-17-11-8-14(2)3/h14-15,17H,5-13,16H2,1-4H3. The first kappa shape index (κ1) is 17.9. The maximum Gasteiger partial charge on any atom is 0.00226 e. The molecule has 0 aliphatic heterocycles. The van der Waals surface area contributed by atoms with Crippen molar-refractivity contribution in [2.75, 3.05) is 32.7 Å². The van der Waals surface area contributed by atoms with Crippen LogP contribution in [0.2, 0.25) is 0 Å². The Morgan fingerprint density at radius 3 is 2.28 bits per heavy atom. The predicted molar refractivity (Wildman–Crippen MR) is 81.9 cm³/mol.